The number of halogens is 1. The first-order valence-electron chi connectivity index (χ1n) is 12.1. The van der Waals surface area contributed by atoms with Gasteiger partial charge in [-0.15, -0.1) is 0 Å². The molecule has 2 aliphatic rings. The fourth-order valence-electron chi connectivity index (χ4n) is 4.88. The molecule has 0 unspecified atom stereocenters. The fourth-order valence-corrected chi connectivity index (χ4v) is 5.05. The minimum absolute atomic E-state index is 0.243. The molecule has 4 rings (SSSR count). The van der Waals surface area contributed by atoms with Crippen LogP contribution in [0, 0.1) is 17.7 Å². The Balaban J connectivity index is 1.51. The molecule has 2 aliphatic heterocycles. The Bertz CT molecular complexity index is 919. The number of thiocarbonyl (C=S) groups is 1. The van der Waals surface area contributed by atoms with Crippen molar-refractivity contribution in [3.05, 3.63) is 41.7 Å². The summed E-state index contributed by atoms with van der Waals surface area (Å²) in [5.41, 5.74) is 0.955. The summed E-state index contributed by atoms with van der Waals surface area (Å²) in [6.07, 6.45) is 6.19. The molecule has 2 fully saturated rings. The maximum atomic E-state index is 13.1. The standard InChI is InChI=1S/C25H35FN6S/c1-18-13-19(2)17-32(16-18)23-14-22(31-11-5-3-4-6-12-31)28-24(29-23)30-25(33)27-15-20-7-9-21(26)10-8-20/h7-10,14,18-19H,3-6,11-13,15-17H2,1-2H3,(H2,27,28,29,30,33)/t18-,19+. The predicted molar refractivity (Wildman–Crippen MR) is 137 cm³/mol. The topological polar surface area (TPSA) is 56.3 Å². The van der Waals surface area contributed by atoms with Crippen LogP contribution in [-0.4, -0.2) is 41.3 Å². The second-order valence-corrected chi connectivity index (χ2v) is 10.0. The van der Waals surface area contributed by atoms with Gasteiger partial charge >= 0.3 is 0 Å². The van der Waals surface area contributed by atoms with Gasteiger partial charge in [-0.1, -0.05) is 38.8 Å². The molecular weight excluding hydrogens is 435 g/mol. The van der Waals surface area contributed by atoms with Gasteiger partial charge in [0.25, 0.3) is 0 Å². The molecule has 8 heteroatoms. The molecular formula is C25H35FN6S. The molecule has 178 valence electrons. The molecule has 0 amide bonds. The number of hydrogen-bond acceptors (Lipinski definition) is 5. The van der Waals surface area contributed by atoms with Crippen molar-refractivity contribution in [2.45, 2.75) is 52.5 Å². The average molecular weight is 471 g/mol. The zero-order valence-corrected chi connectivity index (χ0v) is 20.5. The quantitative estimate of drug-likeness (QED) is 0.599. The fraction of sp³-hybridized carbons (Fsp3) is 0.560. The number of benzene rings is 1. The summed E-state index contributed by atoms with van der Waals surface area (Å²) in [6, 6.07) is 8.55. The van der Waals surface area contributed by atoms with Gasteiger partial charge in [-0.2, -0.15) is 9.97 Å². The van der Waals surface area contributed by atoms with Gasteiger partial charge < -0.3 is 20.4 Å². The Hall–Kier alpha value is -2.48. The number of nitrogens with zero attached hydrogens (tertiary/aromatic N) is 4. The van der Waals surface area contributed by atoms with E-state index in [4.69, 9.17) is 22.2 Å². The van der Waals surface area contributed by atoms with Gasteiger partial charge in [0.15, 0.2) is 5.11 Å². The number of aromatic nitrogens is 2. The summed E-state index contributed by atoms with van der Waals surface area (Å²) >= 11 is 5.52. The first-order valence-corrected chi connectivity index (χ1v) is 12.6. The lowest BCUT2D eigenvalue weighted by Crippen LogP contribution is -2.39. The highest BCUT2D eigenvalue weighted by molar-refractivity contribution is 7.80. The van der Waals surface area contributed by atoms with Crippen LogP contribution in [0.25, 0.3) is 0 Å². The molecule has 33 heavy (non-hydrogen) atoms. The number of nitrogens with one attached hydrogen (secondary N) is 2. The molecule has 3 heterocycles. The highest BCUT2D eigenvalue weighted by atomic mass is 32.1. The van der Waals surface area contributed by atoms with Gasteiger partial charge in [-0.3, -0.25) is 0 Å². The molecule has 2 N–H and O–H groups in total. The number of hydrogen-bond donors (Lipinski definition) is 2. The summed E-state index contributed by atoms with van der Waals surface area (Å²) in [4.78, 5) is 14.5. The van der Waals surface area contributed by atoms with Gasteiger partial charge in [0, 0.05) is 38.8 Å². The molecule has 0 spiro atoms. The maximum Gasteiger partial charge on any atom is 0.232 e. The Labute approximate surface area is 202 Å². The molecule has 0 radical (unpaired) electrons. The van der Waals surface area contributed by atoms with Crippen LogP contribution in [0.15, 0.2) is 30.3 Å². The third kappa shape index (κ3) is 6.76. The van der Waals surface area contributed by atoms with E-state index >= 15 is 0 Å². The van der Waals surface area contributed by atoms with Crippen LogP contribution in [0.1, 0.15) is 51.5 Å². The minimum Gasteiger partial charge on any atom is -0.358 e. The highest BCUT2D eigenvalue weighted by Crippen LogP contribution is 2.29. The number of anilines is 3. The second kappa shape index (κ2) is 11.1. The van der Waals surface area contributed by atoms with Gasteiger partial charge in [-0.25, -0.2) is 4.39 Å². The summed E-state index contributed by atoms with van der Waals surface area (Å²) in [5, 5.41) is 6.83. The van der Waals surface area contributed by atoms with E-state index in [1.807, 2.05) is 0 Å². The molecule has 6 nitrogen and oxygen atoms in total. The lowest BCUT2D eigenvalue weighted by atomic mass is 9.92. The molecule has 0 saturated carbocycles. The molecule has 2 aromatic rings. The van der Waals surface area contributed by atoms with Crippen molar-refractivity contribution in [3.8, 4) is 0 Å². The van der Waals surface area contributed by atoms with Gasteiger partial charge in [-0.05, 0) is 61.0 Å². The summed E-state index contributed by atoms with van der Waals surface area (Å²) in [7, 11) is 0. The van der Waals surface area contributed by atoms with Gasteiger partial charge in [0.1, 0.15) is 17.5 Å². The van der Waals surface area contributed by atoms with Crippen LogP contribution in [0.4, 0.5) is 22.0 Å². The summed E-state index contributed by atoms with van der Waals surface area (Å²) in [6.45, 7) is 9.19. The van der Waals surface area contributed by atoms with E-state index in [2.05, 4.69) is 40.3 Å². The smallest absolute Gasteiger partial charge is 0.232 e. The maximum absolute atomic E-state index is 13.1. The van der Waals surface area contributed by atoms with Gasteiger partial charge in [0.2, 0.25) is 5.95 Å². The SMILES string of the molecule is C[C@@H]1C[C@H](C)CN(c2cc(N3CCCCCC3)nc(NC(=S)NCc3ccc(F)cc3)n2)C1. The lowest BCUT2D eigenvalue weighted by molar-refractivity contribution is 0.355. The van der Waals surface area contributed by atoms with Crippen molar-refractivity contribution in [2.24, 2.45) is 11.8 Å². The third-order valence-corrected chi connectivity index (χ3v) is 6.66. The largest absolute Gasteiger partial charge is 0.358 e. The summed E-state index contributed by atoms with van der Waals surface area (Å²) < 4.78 is 13.1. The van der Waals surface area contributed by atoms with Crippen molar-refractivity contribution in [1.29, 1.82) is 0 Å². The van der Waals surface area contributed by atoms with Crippen molar-refractivity contribution < 1.29 is 4.39 Å². The van der Waals surface area contributed by atoms with Crippen LogP contribution in [0.5, 0.6) is 0 Å². The zero-order chi connectivity index (χ0) is 23.2. The van der Waals surface area contributed by atoms with E-state index in [1.54, 1.807) is 12.1 Å². The normalized spacial score (nSPS) is 21.4. The Morgan fingerprint density at radius 3 is 2.21 bits per heavy atom. The molecule has 1 aromatic heterocycles. The number of piperidine rings is 1. The Morgan fingerprint density at radius 2 is 1.58 bits per heavy atom. The zero-order valence-electron chi connectivity index (χ0n) is 19.7. The number of rotatable bonds is 5. The van der Waals surface area contributed by atoms with E-state index in [-0.39, 0.29) is 5.82 Å². The van der Waals surface area contributed by atoms with Gasteiger partial charge in [0.05, 0.1) is 0 Å². The Morgan fingerprint density at radius 1 is 0.970 bits per heavy atom. The van der Waals surface area contributed by atoms with Crippen molar-refractivity contribution in [3.63, 3.8) is 0 Å². The minimum atomic E-state index is -0.243. The molecule has 0 bridgehead atoms. The van der Waals surface area contributed by atoms with E-state index in [1.165, 1.54) is 44.2 Å². The monoisotopic (exact) mass is 470 g/mol. The van der Waals surface area contributed by atoms with Crippen LogP contribution < -0.4 is 20.4 Å². The van der Waals surface area contributed by atoms with Crippen LogP contribution in [-0.2, 0) is 6.54 Å². The predicted octanol–water partition coefficient (Wildman–Crippen LogP) is 4.97. The first-order chi connectivity index (χ1) is 16.0. The molecule has 2 atom stereocenters. The van der Waals surface area contributed by atoms with Crippen LogP contribution >= 0.6 is 12.2 Å². The first kappa shape index (κ1) is 23.7. The van der Waals surface area contributed by atoms with Crippen LogP contribution in [0.2, 0.25) is 0 Å². The molecule has 2 saturated heterocycles. The molecule has 1 aromatic carbocycles. The van der Waals surface area contributed by atoms with Crippen molar-refractivity contribution in [1.82, 2.24) is 15.3 Å². The van der Waals surface area contributed by atoms with Crippen molar-refractivity contribution in [2.75, 3.05) is 41.3 Å². The van der Waals surface area contributed by atoms with E-state index in [0.29, 0.717) is 29.4 Å². The van der Waals surface area contributed by atoms with Crippen molar-refractivity contribution >= 4 is 34.9 Å². The summed E-state index contributed by atoms with van der Waals surface area (Å²) in [5.74, 6) is 3.49. The average Bonchev–Trinajstić information content (AvgIpc) is 3.08. The Kier molecular flexibility index (Phi) is 7.96. The van der Waals surface area contributed by atoms with E-state index in [9.17, 15) is 4.39 Å². The second-order valence-electron chi connectivity index (χ2n) is 9.59. The highest BCUT2D eigenvalue weighted by Gasteiger charge is 2.24. The van der Waals surface area contributed by atoms with E-state index < -0.39 is 0 Å². The van der Waals surface area contributed by atoms with Crippen LogP contribution in [0.3, 0.4) is 0 Å². The lowest BCUT2D eigenvalue weighted by Gasteiger charge is -2.36. The van der Waals surface area contributed by atoms with E-state index in [0.717, 1.165) is 43.4 Å². The molecule has 0 aliphatic carbocycles. The third-order valence-electron chi connectivity index (χ3n) is 6.41.